The number of benzene rings is 2. The smallest absolute Gasteiger partial charge is 0.212 e. The van der Waals surface area contributed by atoms with Gasteiger partial charge in [-0.15, -0.1) is 10.2 Å². The van der Waals surface area contributed by atoms with Crippen LogP contribution in [0.4, 0.5) is 5.69 Å². The summed E-state index contributed by atoms with van der Waals surface area (Å²) in [6, 6.07) is 16.0. The van der Waals surface area contributed by atoms with E-state index < -0.39 is 0 Å². The lowest BCUT2D eigenvalue weighted by atomic mass is 10.1. The Morgan fingerprint density at radius 1 is 0.960 bits per heavy atom. The average molecular weight is 370 g/mol. The maximum atomic E-state index is 5.98. The molecule has 2 aromatic carbocycles. The quantitative estimate of drug-likeness (QED) is 0.699. The van der Waals surface area contributed by atoms with Gasteiger partial charge in [0.05, 0.1) is 5.71 Å². The summed E-state index contributed by atoms with van der Waals surface area (Å²) in [6.45, 7) is 0. The molecule has 0 spiro atoms. The van der Waals surface area contributed by atoms with Gasteiger partial charge in [-0.1, -0.05) is 35.5 Å². The van der Waals surface area contributed by atoms with Gasteiger partial charge in [0.25, 0.3) is 0 Å². The lowest BCUT2D eigenvalue weighted by Crippen LogP contribution is -2.13. The van der Waals surface area contributed by atoms with Crippen molar-refractivity contribution in [1.82, 2.24) is 14.9 Å². The van der Waals surface area contributed by atoms with Gasteiger partial charge in [-0.05, 0) is 42.0 Å². The van der Waals surface area contributed by atoms with Crippen molar-refractivity contribution in [2.24, 2.45) is 5.10 Å². The highest BCUT2D eigenvalue weighted by molar-refractivity contribution is 7.99. The molecule has 0 amide bonds. The number of nitrogens with zero attached hydrogens (tertiary/aromatic N) is 5. The number of rotatable bonds is 3. The lowest BCUT2D eigenvalue weighted by molar-refractivity contribution is 0.762. The van der Waals surface area contributed by atoms with Crippen LogP contribution in [0.1, 0.15) is 5.56 Å². The van der Waals surface area contributed by atoms with Crippen molar-refractivity contribution in [1.29, 1.82) is 0 Å². The van der Waals surface area contributed by atoms with Crippen LogP contribution in [0.5, 0.6) is 0 Å². The van der Waals surface area contributed by atoms with Crippen molar-refractivity contribution in [3.05, 3.63) is 59.1 Å². The minimum absolute atomic E-state index is 0.722. The molecule has 0 radical (unpaired) electrons. The number of aromatic nitrogens is 3. The highest BCUT2D eigenvalue weighted by Crippen LogP contribution is 2.29. The fraction of sp³-hybridized carbons (Fsp3) is 0.167. The second-order valence-corrected chi connectivity index (χ2v) is 7.28. The third-order valence-corrected chi connectivity index (χ3v) is 5.17. The number of hydrogen-bond acceptors (Lipinski definition) is 5. The van der Waals surface area contributed by atoms with Crippen molar-refractivity contribution in [2.45, 2.75) is 5.16 Å². The Morgan fingerprint density at radius 2 is 1.64 bits per heavy atom. The molecule has 0 saturated carbocycles. The number of fused-ring (bicyclic) bond motifs is 1. The van der Waals surface area contributed by atoms with Crippen molar-refractivity contribution in [2.75, 3.05) is 24.7 Å². The summed E-state index contributed by atoms with van der Waals surface area (Å²) < 4.78 is 1.82. The number of thioether (sulfide) groups is 1. The predicted molar refractivity (Wildman–Crippen MR) is 104 cm³/mol. The summed E-state index contributed by atoms with van der Waals surface area (Å²) in [5.41, 5.74) is 4.18. The second kappa shape index (κ2) is 6.54. The average Bonchev–Trinajstić information content (AvgIpc) is 3.05. The fourth-order valence-electron chi connectivity index (χ4n) is 2.60. The number of anilines is 1. The van der Waals surface area contributed by atoms with Gasteiger partial charge < -0.3 is 4.90 Å². The summed E-state index contributed by atoms with van der Waals surface area (Å²) in [5, 5.41) is 14.9. The van der Waals surface area contributed by atoms with Crippen molar-refractivity contribution in [3.8, 4) is 11.4 Å². The highest BCUT2D eigenvalue weighted by Gasteiger charge is 2.20. The Kier molecular flexibility index (Phi) is 4.23. The first-order chi connectivity index (χ1) is 12.1. The van der Waals surface area contributed by atoms with E-state index in [1.807, 2.05) is 55.2 Å². The Hall–Kier alpha value is -2.31. The minimum Gasteiger partial charge on any atom is -0.378 e. The van der Waals surface area contributed by atoms with Crippen LogP contribution in [0.3, 0.4) is 0 Å². The van der Waals surface area contributed by atoms with Crippen LogP contribution in [0, 0.1) is 0 Å². The van der Waals surface area contributed by atoms with E-state index in [1.54, 1.807) is 11.8 Å². The van der Waals surface area contributed by atoms with E-state index in [4.69, 9.17) is 16.7 Å². The molecule has 1 aliphatic heterocycles. The Balaban J connectivity index is 1.72. The van der Waals surface area contributed by atoms with Gasteiger partial charge in [0.15, 0.2) is 5.82 Å². The fourth-order valence-corrected chi connectivity index (χ4v) is 3.56. The zero-order valence-electron chi connectivity index (χ0n) is 13.8. The number of halogens is 1. The SMILES string of the molecule is CN(C)c1ccc(-c2nnc3n2N=C(c2ccc(Cl)cc2)CS3)cc1. The first kappa shape index (κ1) is 16.2. The Bertz CT molecular complexity index is 929. The molecule has 5 nitrogen and oxygen atoms in total. The summed E-state index contributed by atoms with van der Waals surface area (Å²) in [5.74, 6) is 1.51. The third-order valence-electron chi connectivity index (χ3n) is 3.99. The second-order valence-electron chi connectivity index (χ2n) is 5.90. The van der Waals surface area contributed by atoms with E-state index in [0.717, 1.165) is 44.3 Å². The molecule has 0 N–H and O–H groups in total. The van der Waals surface area contributed by atoms with Crippen LogP contribution < -0.4 is 4.90 Å². The predicted octanol–water partition coefficient (Wildman–Crippen LogP) is 4.02. The molecule has 4 rings (SSSR count). The standard InChI is InChI=1S/C18H16ClN5S/c1-23(2)15-9-5-13(6-10-15)17-20-21-18-24(17)22-16(11-25-18)12-3-7-14(19)8-4-12/h3-10H,11H2,1-2H3. The molecule has 126 valence electrons. The molecule has 0 bridgehead atoms. The minimum atomic E-state index is 0.722. The highest BCUT2D eigenvalue weighted by atomic mass is 35.5. The van der Waals surface area contributed by atoms with Gasteiger partial charge in [-0.25, -0.2) is 0 Å². The van der Waals surface area contributed by atoms with E-state index in [0.29, 0.717) is 0 Å². The van der Waals surface area contributed by atoms with E-state index in [9.17, 15) is 0 Å². The van der Waals surface area contributed by atoms with Crippen LogP contribution in [0.15, 0.2) is 58.8 Å². The van der Waals surface area contributed by atoms with Gasteiger partial charge in [0.1, 0.15) is 0 Å². The molecule has 0 saturated heterocycles. The van der Waals surface area contributed by atoms with Crippen molar-refractivity contribution >= 4 is 34.8 Å². The van der Waals surface area contributed by atoms with Crippen LogP contribution in [0.25, 0.3) is 11.4 Å². The van der Waals surface area contributed by atoms with E-state index in [2.05, 4.69) is 27.2 Å². The summed E-state index contributed by atoms with van der Waals surface area (Å²) >= 11 is 7.62. The lowest BCUT2D eigenvalue weighted by Gasteiger charge is -2.15. The third kappa shape index (κ3) is 3.15. The normalized spacial score (nSPS) is 13.3. The largest absolute Gasteiger partial charge is 0.378 e. The van der Waals surface area contributed by atoms with Gasteiger partial charge in [-0.3, -0.25) is 0 Å². The molecule has 1 aliphatic rings. The number of hydrogen-bond donors (Lipinski definition) is 0. The Morgan fingerprint density at radius 3 is 2.32 bits per heavy atom. The summed E-state index contributed by atoms with van der Waals surface area (Å²) in [7, 11) is 4.04. The molecular formula is C18H16ClN5S. The molecule has 0 aliphatic carbocycles. The molecule has 2 heterocycles. The van der Waals surface area contributed by atoms with E-state index >= 15 is 0 Å². The zero-order chi connectivity index (χ0) is 17.4. The van der Waals surface area contributed by atoms with E-state index in [1.165, 1.54) is 0 Å². The molecule has 0 fully saturated rings. The molecule has 7 heteroatoms. The van der Waals surface area contributed by atoms with Crippen LogP contribution in [-0.2, 0) is 0 Å². The van der Waals surface area contributed by atoms with Crippen molar-refractivity contribution < 1.29 is 0 Å². The maximum Gasteiger partial charge on any atom is 0.212 e. The van der Waals surface area contributed by atoms with Crippen LogP contribution in [-0.4, -0.2) is 40.4 Å². The summed E-state index contributed by atoms with van der Waals surface area (Å²) in [6.07, 6.45) is 0. The van der Waals surface area contributed by atoms with Gasteiger partial charge in [-0.2, -0.15) is 9.78 Å². The van der Waals surface area contributed by atoms with Gasteiger partial charge in [0, 0.05) is 36.1 Å². The molecule has 3 aromatic rings. The molecule has 25 heavy (non-hydrogen) atoms. The van der Waals surface area contributed by atoms with Gasteiger partial charge >= 0.3 is 0 Å². The maximum absolute atomic E-state index is 5.98. The monoisotopic (exact) mass is 369 g/mol. The molecular weight excluding hydrogens is 354 g/mol. The van der Waals surface area contributed by atoms with Crippen LogP contribution in [0.2, 0.25) is 5.02 Å². The molecule has 0 unspecified atom stereocenters. The van der Waals surface area contributed by atoms with Crippen LogP contribution >= 0.6 is 23.4 Å². The molecule has 1 aromatic heterocycles. The first-order valence-corrected chi connectivity index (χ1v) is 9.18. The van der Waals surface area contributed by atoms with Gasteiger partial charge in [0.2, 0.25) is 5.16 Å². The first-order valence-electron chi connectivity index (χ1n) is 7.81. The Labute approximate surface area is 155 Å². The molecule has 0 atom stereocenters. The summed E-state index contributed by atoms with van der Waals surface area (Å²) in [4.78, 5) is 2.07. The topological polar surface area (TPSA) is 46.3 Å². The van der Waals surface area contributed by atoms with E-state index in [-0.39, 0.29) is 0 Å². The van der Waals surface area contributed by atoms with Crippen molar-refractivity contribution in [3.63, 3.8) is 0 Å². The zero-order valence-corrected chi connectivity index (χ0v) is 15.4.